The maximum atomic E-state index is 12.5. The van der Waals surface area contributed by atoms with Gasteiger partial charge in [0.25, 0.3) is 0 Å². The Morgan fingerprint density at radius 2 is 1.72 bits per heavy atom. The average molecular weight is 362 g/mol. The molecule has 0 radical (unpaired) electrons. The number of urea groups is 1. The smallest absolute Gasteiger partial charge is 0.321 e. The Bertz CT molecular complexity index is 670. The van der Waals surface area contributed by atoms with E-state index in [0.717, 1.165) is 17.7 Å². The van der Waals surface area contributed by atoms with Crippen LogP contribution in [0.5, 0.6) is 0 Å². The molecule has 2 fully saturated rings. The molecule has 0 unspecified atom stereocenters. The van der Waals surface area contributed by atoms with Crippen LogP contribution in [-0.4, -0.2) is 59.6 Å². The van der Waals surface area contributed by atoms with Crippen molar-refractivity contribution in [3.63, 3.8) is 0 Å². The van der Waals surface area contributed by atoms with Crippen molar-refractivity contribution in [1.82, 2.24) is 9.80 Å². The molecule has 7 nitrogen and oxygen atoms in total. The number of thioether (sulfide) groups is 1. The zero-order valence-electron chi connectivity index (χ0n) is 13.9. The minimum absolute atomic E-state index is 0.162. The molecular weight excluding hydrogens is 340 g/mol. The molecule has 1 heterocycles. The number of rotatable bonds is 5. The Hall–Kier alpha value is -2.22. The summed E-state index contributed by atoms with van der Waals surface area (Å²) in [7, 11) is 0. The Labute approximate surface area is 150 Å². The molecule has 1 aliphatic carbocycles. The van der Waals surface area contributed by atoms with E-state index < -0.39 is 5.91 Å². The van der Waals surface area contributed by atoms with E-state index in [0.29, 0.717) is 31.9 Å². The number of nitrogens with zero attached hydrogens (tertiary/aromatic N) is 2. The number of hydrogen-bond donors (Lipinski definition) is 2. The first-order valence-electron chi connectivity index (χ1n) is 8.39. The predicted octanol–water partition coefficient (Wildman–Crippen LogP) is 1.35. The summed E-state index contributed by atoms with van der Waals surface area (Å²) in [6.45, 7) is 2.23. The third-order valence-corrected chi connectivity index (χ3v) is 5.40. The SMILES string of the molecule is NC(=O)CSc1ccccc1NC(=O)N1CCN(C(=O)C2CC2)CC1. The summed E-state index contributed by atoms with van der Waals surface area (Å²) < 4.78 is 0. The molecule has 0 bridgehead atoms. The van der Waals surface area contributed by atoms with Crippen molar-refractivity contribution in [3.8, 4) is 0 Å². The second-order valence-electron chi connectivity index (χ2n) is 6.27. The normalized spacial score (nSPS) is 17.3. The van der Waals surface area contributed by atoms with E-state index in [2.05, 4.69) is 5.32 Å². The first-order valence-corrected chi connectivity index (χ1v) is 9.38. The zero-order chi connectivity index (χ0) is 17.8. The third-order valence-electron chi connectivity index (χ3n) is 4.30. The largest absolute Gasteiger partial charge is 0.369 e. The van der Waals surface area contributed by atoms with Crippen molar-refractivity contribution >= 4 is 35.3 Å². The lowest BCUT2D eigenvalue weighted by atomic mass is 10.2. The summed E-state index contributed by atoms with van der Waals surface area (Å²) in [5.74, 6) is 0.208. The third kappa shape index (κ3) is 4.66. The number of carbonyl (C=O) groups excluding carboxylic acids is 3. The lowest BCUT2D eigenvalue weighted by molar-refractivity contribution is -0.133. The highest BCUT2D eigenvalue weighted by Gasteiger charge is 2.35. The molecule has 2 aliphatic rings. The number of hydrogen-bond acceptors (Lipinski definition) is 4. The molecule has 1 aliphatic heterocycles. The molecule has 25 heavy (non-hydrogen) atoms. The summed E-state index contributed by atoms with van der Waals surface area (Å²) in [6, 6.07) is 7.13. The molecule has 1 aromatic rings. The molecule has 0 atom stereocenters. The molecule has 1 saturated carbocycles. The van der Waals surface area contributed by atoms with Crippen molar-refractivity contribution < 1.29 is 14.4 Å². The lowest BCUT2D eigenvalue weighted by Crippen LogP contribution is -2.52. The molecule has 0 spiro atoms. The van der Waals surface area contributed by atoms with Gasteiger partial charge in [-0.25, -0.2) is 4.79 Å². The quantitative estimate of drug-likeness (QED) is 0.773. The van der Waals surface area contributed by atoms with Crippen LogP contribution < -0.4 is 11.1 Å². The molecule has 1 aromatic carbocycles. The summed E-state index contributed by atoms with van der Waals surface area (Å²) >= 11 is 1.30. The maximum Gasteiger partial charge on any atom is 0.321 e. The monoisotopic (exact) mass is 362 g/mol. The number of para-hydroxylation sites is 1. The Morgan fingerprint density at radius 1 is 1.08 bits per heavy atom. The first-order chi connectivity index (χ1) is 12.0. The molecule has 0 aromatic heterocycles. The van der Waals surface area contributed by atoms with E-state index in [1.807, 2.05) is 23.1 Å². The number of nitrogens with one attached hydrogen (secondary N) is 1. The summed E-state index contributed by atoms with van der Waals surface area (Å²) in [5.41, 5.74) is 5.85. The van der Waals surface area contributed by atoms with Gasteiger partial charge in [-0.1, -0.05) is 12.1 Å². The molecule has 1 saturated heterocycles. The predicted molar refractivity (Wildman–Crippen MR) is 96.3 cm³/mol. The molecule has 8 heteroatoms. The number of benzene rings is 1. The fraction of sp³-hybridized carbons (Fsp3) is 0.471. The van der Waals surface area contributed by atoms with Crippen LogP contribution in [0.2, 0.25) is 0 Å². The van der Waals surface area contributed by atoms with Gasteiger partial charge in [0, 0.05) is 37.0 Å². The van der Waals surface area contributed by atoms with E-state index in [4.69, 9.17) is 5.73 Å². The lowest BCUT2D eigenvalue weighted by Gasteiger charge is -2.35. The fourth-order valence-electron chi connectivity index (χ4n) is 2.76. The number of piperazine rings is 1. The molecule has 3 N–H and O–H groups in total. The summed E-state index contributed by atoms with van der Waals surface area (Å²) in [5, 5.41) is 2.89. The van der Waals surface area contributed by atoms with Gasteiger partial charge in [0.1, 0.15) is 0 Å². The van der Waals surface area contributed by atoms with E-state index >= 15 is 0 Å². The van der Waals surface area contributed by atoms with Crippen LogP contribution in [0, 0.1) is 5.92 Å². The standard InChI is InChI=1S/C17H22N4O3S/c18-15(22)11-25-14-4-2-1-3-13(14)19-17(24)21-9-7-20(8-10-21)16(23)12-5-6-12/h1-4,12H,5-11H2,(H2,18,22)(H,19,24). The van der Waals surface area contributed by atoms with E-state index in [1.165, 1.54) is 11.8 Å². The Morgan fingerprint density at radius 3 is 2.36 bits per heavy atom. The van der Waals surface area contributed by atoms with E-state index in [-0.39, 0.29) is 23.6 Å². The van der Waals surface area contributed by atoms with Gasteiger partial charge in [0.15, 0.2) is 0 Å². The van der Waals surface area contributed by atoms with Gasteiger partial charge >= 0.3 is 6.03 Å². The van der Waals surface area contributed by atoms with Crippen molar-refractivity contribution in [3.05, 3.63) is 24.3 Å². The highest BCUT2D eigenvalue weighted by Crippen LogP contribution is 2.31. The fourth-order valence-corrected chi connectivity index (χ4v) is 3.50. The van der Waals surface area contributed by atoms with Gasteiger partial charge in [0.05, 0.1) is 11.4 Å². The number of primary amides is 1. The number of anilines is 1. The van der Waals surface area contributed by atoms with Crippen molar-refractivity contribution in [2.24, 2.45) is 11.7 Å². The van der Waals surface area contributed by atoms with Crippen LogP contribution in [0.15, 0.2) is 29.2 Å². The number of amides is 4. The van der Waals surface area contributed by atoms with Crippen LogP contribution in [0.25, 0.3) is 0 Å². The minimum Gasteiger partial charge on any atom is -0.369 e. The van der Waals surface area contributed by atoms with Crippen molar-refractivity contribution in [2.75, 3.05) is 37.2 Å². The van der Waals surface area contributed by atoms with Gasteiger partial charge < -0.3 is 20.9 Å². The topological polar surface area (TPSA) is 95.7 Å². The van der Waals surface area contributed by atoms with E-state index in [9.17, 15) is 14.4 Å². The van der Waals surface area contributed by atoms with Crippen LogP contribution >= 0.6 is 11.8 Å². The van der Waals surface area contributed by atoms with Gasteiger partial charge in [-0.15, -0.1) is 11.8 Å². The first kappa shape index (κ1) is 17.6. The molecule has 3 rings (SSSR count). The zero-order valence-corrected chi connectivity index (χ0v) is 14.8. The van der Waals surface area contributed by atoms with Gasteiger partial charge in [-0.05, 0) is 25.0 Å². The maximum absolute atomic E-state index is 12.5. The molecular formula is C17H22N4O3S. The van der Waals surface area contributed by atoms with Gasteiger partial charge in [0.2, 0.25) is 11.8 Å². The summed E-state index contributed by atoms with van der Waals surface area (Å²) in [6.07, 6.45) is 2.00. The van der Waals surface area contributed by atoms with Crippen LogP contribution in [0.4, 0.5) is 10.5 Å². The summed E-state index contributed by atoms with van der Waals surface area (Å²) in [4.78, 5) is 39.9. The number of nitrogens with two attached hydrogens (primary N) is 1. The second kappa shape index (κ2) is 7.77. The van der Waals surface area contributed by atoms with Gasteiger partial charge in [-0.3, -0.25) is 9.59 Å². The van der Waals surface area contributed by atoms with Crippen molar-refractivity contribution in [2.45, 2.75) is 17.7 Å². The molecule has 134 valence electrons. The molecule has 4 amide bonds. The van der Waals surface area contributed by atoms with Gasteiger partial charge in [-0.2, -0.15) is 0 Å². The Kier molecular flexibility index (Phi) is 5.47. The van der Waals surface area contributed by atoms with Crippen LogP contribution in [-0.2, 0) is 9.59 Å². The highest BCUT2D eigenvalue weighted by molar-refractivity contribution is 8.00. The van der Waals surface area contributed by atoms with Crippen LogP contribution in [0.1, 0.15) is 12.8 Å². The number of carbonyl (C=O) groups is 3. The Balaban J connectivity index is 1.54. The second-order valence-corrected chi connectivity index (χ2v) is 7.29. The van der Waals surface area contributed by atoms with E-state index in [1.54, 1.807) is 11.0 Å². The van der Waals surface area contributed by atoms with Crippen LogP contribution in [0.3, 0.4) is 0 Å². The highest BCUT2D eigenvalue weighted by atomic mass is 32.2. The van der Waals surface area contributed by atoms with Crippen molar-refractivity contribution in [1.29, 1.82) is 0 Å². The average Bonchev–Trinajstić information content (AvgIpc) is 3.45. The minimum atomic E-state index is -0.400.